The molecule has 2 heteroatoms. The van der Waals surface area contributed by atoms with Gasteiger partial charge in [-0.25, -0.2) is 0 Å². The fourth-order valence-electron chi connectivity index (χ4n) is 1.36. The molecule has 0 radical (unpaired) electrons. The first kappa shape index (κ1) is 9.92. The summed E-state index contributed by atoms with van der Waals surface area (Å²) in [6.45, 7) is 11.2. The van der Waals surface area contributed by atoms with Crippen molar-refractivity contribution in [1.29, 1.82) is 0 Å². The Labute approximate surface area is 64.1 Å². The minimum Gasteiger partial charge on any atom is -0.391 e. The van der Waals surface area contributed by atoms with E-state index in [1.165, 1.54) is 0 Å². The van der Waals surface area contributed by atoms with E-state index in [0.29, 0.717) is 6.61 Å². The molecule has 0 aliphatic rings. The van der Waals surface area contributed by atoms with Crippen molar-refractivity contribution in [2.75, 3.05) is 32.8 Å². The van der Waals surface area contributed by atoms with Crippen LogP contribution in [0.15, 0.2) is 0 Å². The lowest BCUT2D eigenvalue weighted by Gasteiger charge is -2.34. The van der Waals surface area contributed by atoms with Gasteiger partial charge >= 0.3 is 0 Å². The lowest BCUT2D eigenvalue weighted by Crippen LogP contribution is -2.49. The molecule has 10 heavy (non-hydrogen) atoms. The fraction of sp³-hybridized carbons (Fsp3) is 1.00. The van der Waals surface area contributed by atoms with E-state index < -0.39 is 0 Å². The largest absolute Gasteiger partial charge is 0.391 e. The fourth-order valence-corrected chi connectivity index (χ4v) is 1.36. The third-order valence-electron chi connectivity index (χ3n) is 2.59. The van der Waals surface area contributed by atoms with Crippen LogP contribution >= 0.6 is 0 Å². The van der Waals surface area contributed by atoms with E-state index in [1.54, 1.807) is 0 Å². The Morgan fingerprint density at radius 2 is 1.40 bits per heavy atom. The molecule has 2 nitrogen and oxygen atoms in total. The van der Waals surface area contributed by atoms with Gasteiger partial charge in [0, 0.05) is 0 Å². The molecule has 0 unspecified atom stereocenters. The molecule has 0 saturated carbocycles. The highest BCUT2D eigenvalue weighted by molar-refractivity contribution is 4.35. The van der Waals surface area contributed by atoms with Crippen LogP contribution < -0.4 is 0 Å². The molecule has 0 atom stereocenters. The predicted octanol–water partition coefficient (Wildman–Crippen LogP) is 0.855. The lowest BCUT2D eigenvalue weighted by molar-refractivity contribution is -0.923. The van der Waals surface area contributed by atoms with Crippen molar-refractivity contribution >= 4 is 0 Å². The van der Waals surface area contributed by atoms with Crippen LogP contribution in [0.2, 0.25) is 0 Å². The average Bonchev–Trinajstić information content (AvgIpc) is 2.01. The Kier molecular flexibility index (Phi) is 4.65. The number of rotatable bonds is 5. The molecule has 0 saturated heterocycles. The van der Waals surface area contributed by atoms with E-state index in [2.05, 4.69) is 20.8 Å². The maximum absolute atomic E-state index is 8.78. The Hall–Kier alpha value is -0.0800. The second kappa shape index (κ2) is 4.69. The maximum Gasteiger partial charge on any atom is 0.102 e. The smallest absolute Gasteiger partial charge is 0.102 e. The topological polar surface area (TPSA) is 20.2 Å². The van der Waals surface area contributed by atoms with E-state index in [9.17, 15) is 0 Å². The molecule has 0 aromatic carbocycles. The van der Waals surface area contributed by atoms with Crippen molar-refractivity contribution in [3.8, 4) is 0 Å². The second-order valence-corrected chi connectivity index (χ2v) is 2.74. The predicted molar refractivity (Wildman–Crippen MR) is 43.8 cm³/mol. The molecule has 0 amide bonds. The van der Waals surface area contributed by atoms with Gasteiger partial charge in [-0.1, -0.05) is 0 Å². The maximum atomic E-state index is 8.78. The highest BCUT2D eigenvalue weighted by Crippen LogP contribution is 2.03. The highest BCUT2D eigenvalue weighted by atomic mass is 16.3. The van der Waals surface area contributed by atoms with E-state index in [-0.39, 0.29) is 0 Å². The normalized spacial score (nSPS) is 12.0. The van der Waals surface area contributed by atoms with Crippen LogP contribution in [0.25, 0.3) is 0 Å². The van der Waals surface area contributed by atoms with Gasteiger partial charge in [-0.05, 0) is 20.8 Å². The molecule has 0 aliphatic heterocycles. The zero-order valence-corrected chi connectivity index (χ0v) is 7.43. The Morgan fingerprint density at radius 1 is 1.00 bits per heavy atom. The van der Waals surface area contributed by atoms with Crippen molar-refractivity contribution in [2.45, 2.75) is 20.8 Å². The van der Waals surface area contributed by atoms with Crippen molar-refractivity contribution < 1.29 is 9.59 Å². The van der Waals surface area contributed by atoms with Crippen LogP contribution in [0, 0.1) is 0 Å². The summed E-state index contributed by atoms with van der Waals surface area (Å²) in [4.78, 5) is 0. The van der Waals surface area contributed by atoms with Crippen LogP contribution in [-0.4, -0.2) is 42.4 Å². The quantitative estimate of drug-likeness (QED) is 0.570. The SMILES string of the molecule is CC[N+](CC)(CC)CCO. The van der Waals surface area contributed by atoms with Crippen molar-refractivity contribution in [3.63, 3.8) is 0 Å². The van der Waals surface area contributed by atoms with Gasteiger partial charge in [-0.15, -0.1) is 0 Å². The van der Waals surface area contributed by atoms with Crippen LogP contribution in [0.4, 0.5) is 0 Å². The summed E-state index contributed by atoms with van der Waals surface area (Å²) >= 11 is 0. The van der Waals surface area contributed by atoms with Gasteiger partial charge in [-0.2, -0.15) is 0 Å². The van der Waals surface area contributed by atoms with Gasteiger partial charge in [0.05, 0.1) is 26.2 Å². The first-order valence-corrected chi connectivity index (χ1v) is 4.20. The summed E-state index contributed by atoms with van der Waals surface area (Å²) in [7, 11) is 0. The van der Waals surface area contributed by atoms with Gasteiger partial charge in [-0.3, -0.25) is 0 Å². The molecule has 0 aromatic heterocycles. The average molecular weight is 146 g/mol. The van der Waals surface area contributed by atoms with Gasteiger partial charge in [0.15, 0.2) is 0 Å². The van der Waals surface area contributed by atoms with Gasteiger partial charge in [0.1, 0.15) is 6.54 Å². The first-order valence-electron chi connectivity index (χ1n) is 4.20. The van der Waals surface area contributed by atoms with E-state index >= 15 is 0 Å². The molecule has 1 N–H and O–H groups in total. The highest BCUT2D eigenvalue weighted by Gasteiger charge is 2.18. The van der Waals surface area contributed by atoms with Crippen LogP contribution in [0.1, 0.15) is 20.8 Å². The summed E-state index contributed by atoms with van der Waals surface area (Å²) < 4.78 is 1.05. The summed E-state index contributed by atoms with van der Waals surface area (Å²) in [6, 6.07) is 0. The number of aliphatic hydroxyl groups is 1. The van der Waals surface area contributed by atoms with Crippen LogP contribution in [-0.2, 0) is 0 Å². The molecule has 0 rings (SSSR count). The molecular weight excluding hydrogens is 126 g/mol. The summed E-state index contributed by atoms with van der Waals surface area (Å²) in [5.41, 5.74) is 0. The summed E-state index contributed by atoms with van der Waals surface area (Å²) in [5.74, 6) is 0. The third kappa shape index (κ3) is 2.27. The molecule has 0 aromatic rings. The minimum atomic E-state index is 0.315. The van der Waals surface area contributed by atoms with Crippen molar-refractivity contribution in [1.82, 2.24) is 0 Å². The Balaban J connectivity index is 3.87. The zero-order valence-electron chi connectivity index (χ0n) is 7.43. The Morgan fingerprint density at radius 3 is 1.50 bits per heavy atom. The van der Waals surface area contributed by atoms with E-state index in [4.69, 9.17) is 5.11 Å². The number of hydrogen-bond donors (Lipinski definition) is 1. The molecule has 0 heterocycles. The molecule has 62 valence electrons. The van der Waals surface area contributed by atoms with Crippen molar-refractivity contribution in [3.05, 3.63) is 0 Å². The van der Waals surface area contributed by atoms with Gasteiger partial charge < -0.3 is 9.59 Å². The number of likely N-dealkylation sites (N-methyl/N-ethyl adjacent to an activating group) is 1. The minimum absolute atomic E-state index is 0.315. The summed E-state index contributed by atoms with van der Waals surface area (Å²) in [6.07, 6.45) is 0. The van der Waals surface area contributed by atoms with Crippen LogP contribution in [0.5, 0.6) is 0 Å². The van der Waals surface area contributed by atoms with Gasteiger partial charge in [0.2, 0.25) is 0 Å². The van der Waals surface area contributed by atoms with E-state index in [1.807, 2.05) is 0 Å². The number of aliphatic hydroxyl groups excluding tert-OH is 1. The third-order valence-corrected chi connectivity index (χ3v) is 2.59. The van der Waals surface area contributed by atoms with Gasteiger partial charge in [0.25, 0.3) is 0 Å². The standard InChI is InChI=1S/C8H20NO/c1-4-9(5-2,6-3)7-8-10/h10H,4-8H2,1-3H3/q+1. The number of quaternary nitrogens is 1. The lowest BCUT2D eigenvalue weighted by atomic mass is 10.3. The number of nitrogens with zero attached hydrogens (tertiary/aromatic N) is 1. The van der Waals surface area contributed by atoms with E-state index in [0.717, 1.165) is 30.7 Å². The second-order valence-electron chi connectivity index (χ2n) is 2.74. The Bertz CT molecular complexity index is 71.1. The summed E-state index contributed by atoms with van der Waals surface area (Å²) in [5, 5.41) is 8.78. The first-order chi connectivity index (χ1) is 4.74. The molecule has 0 bridgehead atoms. The zero-order chi connectivity index (χ0) is 8.04. The molecule has 0 fully saturated rings. The van der Waals surface area contributed by atoms with Crippen molar-refractivity contribution in [2.24, 2.45) is 0 Å². The molecular formula is C8H20NO+. The molecule has 0 aliphatic carbocycles. The number of hydrogen-bond acceptors (Lipinski definition) is 1. The molecule has 0 spiro atoms. The monoisotopic (exact) mass is 146 g/mol. The van der Waals surface area contributed by atoms with Crippen LogP contribution in [0.3, 0.4) is 0 Å².